The summed E-state index contributed by atoms with van der Waals surface area (Å²) in [5.74, 6) is -0.648. The fourth-order valence-corrected chi connectivity index (χ4v) is 1.73. The summed E-state index contributed by atoms with van der Waals surface area (Å²) in [6, 6.07) is 10.6. The van der Waals surface area contributed by atoms with Crippen LogP contribution in [0.5, 0.6) is 11.5 Å². The second-order valence-electron chi connectivity index (χ2n) is 3.92. The second kappa shape index (κ2) is 6.08. The van der Waals surface area contributed by atoms with E-state index in [1.165, 1.54) is 24.4 Å². The maximum Gasteiger partial charge on any atom is 0.272 e. The van der Waals surface area contributed by atoms with Crippen molar-refractivity contribution in [2.75, 3.05) is 0 Å². The van der Waals surface area contributed by atoms with Gasteiger partial charge in [-0.3, -0.25) is 4.79 Å². The predicted octanol–water partition coefficient (Wildman–Crippen LogP) is 2.52. The average molecular weight is 291 g/mol. The highest BCUT2D eigenvalue weighted by Crippen LogP contribution is 2.20. The molecule has 20 heavy (non-hydrogen) atoms. The summed E-state index contributed by atoms with van der Waals surface area (Å²) in [7, 11) is 0. The van der Waals surface area contributed by atoms with Gasteiger partial charge >= 0.3 is 0 Å². The molecule has 3 N–H and O–H groups in total. The fourth-order valence-electron chi connectivity index (χ4n) is 1.51. The van der Waals surface area contributed by atoms with Crippen LogP contribution in [-0.2, 0) is 0 Å². The number of halogens is 1. The lowest BCUT2D eigenvalue weighted by Gasteiger charge is -2.02. The Kier molecular flexibility index (Phi) is 4.22. The first-order chi connectivity index (χ1) is 9.58. The van der Waals surface area contributed by atoms with Crippen LogP contribution < -0.4 is 5.43 Å². The number of nitrogens with one attached hydrogen (secondary N) is 1. The Morgan fingerprint density at radius 1 is 1.20 bits per heavy atom. The molecule has 0 saturated heterocycles. The van der Waals surface area contributed by atoms with Crippen molar-refractivity contribution in [3.05, 3.63) is 58.6 Å². The molecule has 0 bridgehead atoms. The largest absolute Gasteiger partial charge is 0.508 e. The van der Waals surface area contributed by atoms with Crippen molar-refractivity contribution in [3.8, 4) is 11.5 Å². The van der Waals surface area contributed by atoms with E-state index in [1.807, 2.05) is 0 Å². The molecule has 102 valence electrons. The molecule has 0 saturated carbocycles. The van der Waals surface area contributed by atoms with Gasteiger partial charge in [-0.1, -0.05) is 23.7 Å². The molecule has 5 nitrogen and oxygen atoms in total. The Morgan fingerprint density at radius 2 is 1.95 bits per heavy atom. The smallest absolute Gasteiger partial charge is 0.272 e. The van der Waals surface area contributed by atoms with Gasteiger partial charge in [0.2, 0.25) is 0 Å². The van der Waals surface area contributed by atoms with E-state index in [9.17, 15) is 9.90 Å². The number of hydrogen-bond donors (Lipinski definition) is 3. The van der Waals surface area contributed by atoms with Crippen molar-refractivity contribution in [1.82, 2.24) is 5.43 Å². The maximum atomic E-state index is 11.8. The molecule has 0 heterocycles. The molecule has 0 aliphatic heterocycles. The van der Waals surface area contributed by atoms with Crippen LogP contribution in [0.15, 0.2) is 47.6 Å². The molecule has 0 aliphatic carbocycles. The molecule has 0 aliphatic rings. The lowest BCUT2D eigenvalue weighted by molar-refractivity contribution is 0.0955. The van der Waals surface area contributed by atoms with Crippen molar-refractivity contribution in [1.29, 1.82) is 0 Å². The Morgan fingerprint density at radius 3 is 2.65 bits per heavy atom. The molecule has 0 fully saturated rings. The number of amides is 1. The first kappa shape index (κ1) is 13.9. The summed E-state index contributed by atoms with van der Waals surface area (Å²) in [6.07, 6.45) is 1.27. The third-order valence-electron chi connectivity index (χ3n) is 2.50. The number of rotatable bonds is 3. The van der Waals surface area contributed by atoms with Crippen molar-refractivity contribution in [2.45, 2.75) is 0 Å². The lowest BCUT2D eigenvalue weighted by atomic mass is 10.2. The SMILES string of the molecule is O=C(N/N=C/c1ccc(O)cc1O)c1ccccc1Cl. The minimum absolute atomic E-state index is 0.0558. The van der Waals surface area contributed by atoms with Gasteiger partial charge in [-0.25, -0.2) is 5.43 Å². The third kappa shape index (κ3) is 3.27. The monoisotopic (exact) mass is 290 g/mol. The molecular formula is C14H11ClN2O3. The normalized spacial score (nSPS) is 10.7. The quantitative estimate of drug-likeness (QED) is 0.600. The fraction of sp³-hybridized carbons (Fsp3) is 0. The van der Waals surface area contributed by atoms with Gasteiger partial charge in [0.05, 0.1) is 16.8 Å². The summed E-state index contributed by atoms with van der Waals surface area (Å²) in [5.41, 5.74) is 2.97. The summed E-state index contributed by atoms with van der Waals surface area (Å²) >= 11 is 5.88. The molecule has 2 rings (SSSR count). The zero-order valence-corrected chi connectivity index (χ0v) is 11.0. The van der Waals surface area contributed by atoms with E-state index in [4.69, 9.17) is 16.7 Å². The van der Waals surface area contributed by atoms with Crippen LogP contribution in [0.2, 0.25) is 5.02 Å². The van der Waals surface area contributed by atoms with Crippen LogP contribution >= 0.6 is 11.6 Å². The minimum atomic E-state index is -0.454. The molecular weight excluding hydrogens is 280 g/mol. The number of phenolic OH excluding ortho intramolecular Hbond substituents is 2. The van der Waals surface area contributed by atoms with E-state index >= 15 is 0 Å². The molecule has 2 aromatic rings. The minimum Gasteiger partial charge on any atom is -0.508 e. The highest BCUT2D eigenvalue weighted by atomic mass is 35.5. The Bertz CT molecular complexity index is 671. The molecule has 1 amide bonds. The van der Waals surface area contributed by atoms with E-state index in [0.29, 0.717) is 16.1 Å². The number of hydrazone groups is 1. The number of nitrogens with zero attached hydrogens (tertiary/aromatic N) is 1. The Hall–Kier alpha value is -2.53. The number of carbonyl (C=O) groups is 1. The lowest BCUT2D eigenvalue weighted by Crippen LogP contribution is -2.17. The second-order valence-corrected chi connectivity index (χ2v) is 4.33. The number of aromatic hydroxyl groups is 2. The van der Waals surface area contributed by atoms with Gasteiger partial charge in [0.15, 0.2) is 0 Å². The van der Waals surface area contributed by atoms with E-state index in [-0.39, 0.29) is 11.5 Å². The first-order valence-electron chi connectivity index (χ1n) is 5.68. The van der Waals surface area contributed by atoms with E-state index in [2.05, 4.69) is 10.5 Å². The van der Waals surface area contributed by atoms with E-state index in [1.54, 1.807) is 24.3 Å². The van der Waals surface area contributed by atoms with Crippen molar-refractivity contribution < 1.29 is 15.0 Å². The first-order valence-corrected chi connectivity index (χ1v) is 6.05. The van der Waals surface area contributed by atoms with Gasteiger partial charge < -0.3 is 10.2 Å². The third-order valence-corrected chi connectivity index (χ3v) is 2.83. The van der Waals surface area contributed by atoms with E-state index < -0.39 is 5.91 Å². The summed E-state index contributed by atoms with van der Waals surface area (Å²) < 4.78 is 0. The molecule has 6 heteroatoms. The van der Waals surface area contributed by atoms with Crippen LogP contribution in [0.4, 0.5) is 0 Å². The molecule has 0 radical (unpaired) electrons. The van der Waals surface area contributed by atoms with Crippen LogP contribution in [-0.4, -0.2) is 22.3 Å². The summed E-state index contributed by atoms with van der Waals surface area (Å²) in [5, 5.41) is 22.7. The molecule has 0 aromatic heterocycles. The zero-order chi connectivity index (χ0) is 14.5. The number of hydrogen-bond acceptors (Lipinski definition) is 4. The molecule has 0 spiro atoms. The molecule has 0 unspecified atom stereocenters. The Balaban J connectivity index is 2.07. The van der Waals surface area contributed by atoms with Crippen LogP contribution in [0.25, 0.3) is 0 Å². The van der Waals surface area contributed by atoms with Crippen LogP contribution in [0.3, 0.4) is 0 Å². The topological polar surface area (TPSA) is 81.9 Å². The van der Waals surface area contributed by atoms with Gasteiger partial charge in [0.1, 0.15) is 11.5 Å². The van der Waals surface area contributed by atoms with Crippen LogP contribution in [0, 0.1) is 0 Å². The number of benzene rings is 2. The van der Waals surface area contributed by atoms with Gasteiger partial charge in [-0.2, -0.15) is 5.10 Å². The standard InChI is InChI=1S/C14H11ClN2O3/c15-12-4-2-1-3-11(12)14(20)17-16-8-9-5-6-10(18)7-13(9)19/h1-8,18-19H,(H,17,20)/b16-8+. The van der Waals surface area contributed by atoms with Crippen molar-refractivity contribution in [2.24, 2.45) is 5.10 Å². The molecule has 2 aromatic carbocycles. The zero-order valence-electron chi connectivity index (χ0n) is 10.2. The van der Waals surface area contributed by atoms with Crippen molar-refractivity contribution >= 4 is 23.7 Å². The van der Waals surface area contributed by atoms with Gasteiger partial charge in [-0.05, 0) is 24.3 Å². The maximum absolute atomic E-state index is 11.8. The van der Waals surface area contributed by atoms with Gasteiger partial charge in [0, 0.05) is 11.6 Å². The highest BCUT2D eigenvalue weighted by molar-refractivity contribution is 6.33. The van der Waals surface area contributed by atoms with Gasteiger partial charge in [0.25, 0.3) is 5.91 Å². The van der Waals surface area contributed by atoms with Crippen LogP contribution in [0.1, 0.15) is 15.9 Å². The predicted molar refractivity (Wildman–Crippen MR) is 76.3 cm³/mol. The number of phenols is 2. The van der Waals surface area contributed by atoms with E-state index in [0.717, 1.165) is 0 Å². The highest BCUT2D eigenvalue weighted by Gasteiger charge is 2.07. The summed E-state index contributed by atoms with van der Waals surface area (Å²) in [6.45, 7) is 0. The number of carbonyl (C=O) groups excluding carboxylic acids is 1. The van der Waals surface area contributed by atoms with Gasteiger partial charge in [-0.15, -0.1) is 0 Å². The average Bonchev–Trinajstić information content (AvgIpc) is 2.41. The Labute approximate surface area is 120 Å². The van der Waals surface area contributed by atoms with Crippen molar-refractivity contribution in [3.63, 3.8) is 0 Å². The summed E-state index contributed by atoms with van der Waals surface area (Å²) in [4.78, 5) is 11.8. The molecule has 0 atom stereocenters.